The first-order valence-electron chi connectivity index (χ1n) is 9.41. The van der Waals surface area contributed by atoms with Gasteiger partial charge in [0.05, 0.1) is 12.8 Å². The summed E-state index contributed by atoms with van der Waals surface area (Å²) in [6.07, 6.45) is -0.990. The Bertz CT molecular complexity index is 798. The summed E-state index contributed by atoms with van der Waals surface area (Å²) in [7, 11) is 2.87. The molecular formula is C22H30N2O5. The normalized spacial score (nSPS) is 11.6. The highest BCUT2D eigenvalue weighted by Crippen LogP contribution is 2.25. The molecule has 29 heavy (non-hydrogen) atoms. The van der Waals surface area contributed by atoms with Crippen molar-refractivity contribution in [2.24, 2.45) is 0 Å². The molecule has 0 bridgehead atoms. The Labute approximate surface area is 172 Å². The molecule has 1 amide bonds. The topological polar surface area (TPSA) is 86.8 Å². The van der Waals surface area contributed by atoms with E-state index in [-0.39, 0.29) is 5.69 Å². The van der Waals surface area contributed by atoms with Gasteiger partial charge < -0.3 is 14.2 Å². The summed E-state index contributed by atoms with van der Waals surface area (Å²) < 4.78 is 15.5. The van der Waals surface area contributed by atoms with Crippen molar-refractivity contribution < 1.29 is 23.8 Å². The van der Waals surface area contributed by atoms with Crippen LogP contribution >= 0.6 is 0 Å². The number of rotatable bonds is 5. The van der Waals surface area contributed by atoms with Gasteiger partial charge in [0.2, 0.25) is 0 Å². The molecule has 2 rings (SSSR count). The van der Waals surface area contributed by atoms with Crippen molar-refractivity contribution in [3.8, 4) is 0 Å². The Hall–Kier alpha value is -2.93. The standard InChI is InChI=1S/C20H24N2O5.C2H6/c1-20(2,3)27-19(24)21-14-11-9-13(10-12-14)17(25-4)15-7-6-8-16(22-15)18(23)26-5;1-2/h6-12,17H,1-5H3,(H,21,24);1-2H3. The van der Waals surface area contributed by atoms with Gasteiger partial charge in [0.15, 0.2) is 0 Å². The number of hydrogen-bond acceptors (Lipinski definition) is 6. The minimum absolute atomic E-state index is 0.209. The molecule has 0 radical (unpaired) electrons. The largest absolute Gasteiger partial charge is 0.464 e. The number of carbonyl (C=O) groups is 2. The van der Waals surface area contributed by atoms with Crippen LogP contribution in [0.4, 0.5) is 10.5 Å². The Morgan fingerprint density at radius 2 is 1.62 bits per heavy atom. The molecule has 1 aromatic carbocycles. The molecule has 1 aromatic heterocycles. The van der Waals surface area contributed by atoms with Gasteiger partial charge in [-0.15, -0.1) is 0 Å². The summed E-state index contributed by atoms with van der Waals surface area (Å²) >= 11 is 0. The van der Waals surface area contributed by atoms with Crippen molar-refractivity contribution in [1.82, 2.24) is 4.98 Å². The predicted molar refractivity (Wildman–Crippen MR) is 112 cm³/mol. The molecule has 0 aliphatic carbocycles. The van der Waals surface area contributed by atoms with Gasteiger partial charge in [-0.3, -0.25) is 5.32 Å². The summed E-state index contributed by atoms with van der Waals surface area (Å²) in [5, 5.41) is 2.68. The average molecular weight is 402 g/mol. The number of aromatic nitrogens is 1. The van der Waals surface area contributed by atoms with Gasteiger partial charge >= 0.3 is 12.1 Å². The SMILES string of the molecule is CC.COC(=O)c1cccc(C(OC)c2ccc(NC(=O)OC(C)(C)C)cc2)n1. The molecule has 1 heterocycles. The molecule has 0 saturated heterocycles. The van der Waals surface area contributed by atoms with Crippen molar-refractivity contribution in [3.05, 3.63) is 59.4 Å². The zero-order valence-corrected chi connectivity index (χ0v) is 18.1. The van der Waals surface area contributed by atoms with E-state index in [0.29, 0.717) is 11.4 Å². The second-order valence-corrected chi connectivity index (χ2v) is 6.80. The minimum atomic E-state index is -0.568. The van der Waals surface area contributed by atoms with E-state index in [2.05, 4.69) is 10.3 Å². The van der Waals surface area contributed by atoms with Crippen LogP contribution in [0.25, 0.3) is 0 Å². The average Bonchev–Trinajstić information content (AvgIpc) is 2.69. The molecule has 1 atom stereocenters. The van der Waals surface area contributed by atoms with Crippen molar-refractivity contribution in [2.75, 3.05) is 19.5 Å². The molecule has 0 spiro atoms. The Kier molecular flexibility index (Phi) is 9.28. The van der Waals surface area contributed by atoms with Crippen molar-refractivity contribution in [1.29, 1.82) is 0 Å². The molecule has 0 fully saturated rings. The number of ether oxygens (including phenoxy) is 3. The van der Waals surface area contributed by atoms with Crippen LogP contribution in [0.5, 0.6) is 0 Å². The third-order valence-electron chi connectivity index (χ3n) is 3.53. The van der Waals surface area contributed by atoms with Crippen molar-refractivity contribution >= 4 is 17.7 Å². The molecule has 7 nitrogen and oxygen atoms in total. The molecule has 0 aliphatic rings. The monoisotopic (exact) mass is 402 g/mol. The fourth-order valence-corrected chi connectivity index (χ4v) is 2.41. The molecule has 7 heteroatoms. The minimum Gasteiger partial charge on any atom is -0.464 e. The van der Waals surface area contributed by atoms with E-state index < -0.39 is 23.8 Å². The Morgan fingerprint density at radius 1 is 1.00 bits per heavy atom. The van der Waals surface area contributed by atoms with E-state index in [1.807, 2.05) is 26.0 Å². The number of carbonyl (C=O) groups excluding carboxylic acids is 2. The lowest BCUT2D eigenvalue weighted by atomic mass is 10.0. The summed E-state index contributed by atoms with van der Waals surface area (Å²) in [5.74, 6) is -0.511. The molecule has 0 aliphatic heterocycles. The van der Waals surface area contributed by atoms with E-state index in [1.165, 1.54) is 7.11 Å². The smallest absolute Gasteiger partial charge is 0.412 e. The number of nitrogens with zero attached hydrogens (tertiary/aromatic N) is 1. The van der Waals surface area contributed by atoms with E-state index >= 15 is 0 Å². The van der Waals surface area contributed by atoms with Crippen LogP contribution < -0.4 is 5.32 Å². The molecule has 1 unspecified atom stereocenters. The van der Waals surface area contributed by atoms with Crippen LogP contribution in [0, 0.1) is 0 Å². The lowest BCUT2D eigenvalue weighted by Crippen LogP contribution is -2.27. The lowest BCUT2D eigenvalue weighted by Gasteiger charge is -2.20. The quantitative estimate of drug-likeness (QED) is 0.710. The third kappa shape index (κ3) is 7.54. The van der Waals surface area contributed by atoms with Gasteiger partial charge in [-0.05, 0) is 50.6 Å². The highest BCUT2D eigenvalue weighted by molar-refractivity contribution is 5.87. The first-order valence-corrected chi connectivity index (χ1v) is 9.41. The van der Waals surface area contributed by atoms with Crippen LogP contribution in [0.15, 0.2) is 42.5 Å². The van der Waals surface area contributed by atoms with E-state index in [0.717, 1.165) is 5.56 Å². The molecule has 2 aromatic rings. The van der Waals surface area contributed by atoms with E-state index in [9.17, 15) is 9.59 Å². The van der Waals surface area contributed by atoms with Crippen LogP contribution in [-0.2, 0) is 14.2 Å². The molecule has 0 saturated carbocycles. The number of amides is 1. The molecule has 1 N–H and O–H groups in total. The van der Waals surface area contributed by atoms with Gasteiger partial charge in [-0.25, -0.2) is 14.6 Å². The first kappa shape index (κ1) is 24.1. The van der Waals surface area contributed by atoms with Gasteiger partial charge in [-0.1, -0.05) is 32.0 Å². The number of esters is 1. The van der Waals surface area contributed by atoms with E-state index in [4.69, 9.17) is 14.2 Å². The summed E-state index contributed by atoms with van der Waals surface area (Å²) in [5.41, 5.74) is 1.64. The lowest BCUT2D eigenvalue weighted by molar-refractivity contribution is 0.0590. The Morgan fingerprint density at radius 3 is 2.14 bits per heavy atom. The van der Waals surface area contributed by atoms with Crippen molar-refractivity contribution in [2.45, 2.75) is 46.3 Å². The number of hydrogen-bond donors (Lipinski definition) is 1. The van der Waals surface area contributed by atoms with E-state index in [1.54, 1.807) is 58.2 Å². The highest BCUT2D eigenvalue weighted by Gasteiger charge is 2.19. The fourth-order valence-electron chi connectivity index (χ4n) is 2.41. The molecule has 158 valence electrons. The van der Waals surface area contributed by atoms with Gasteiger partial charge in [0, 0.05) is 12.8 Å². The van der Waals surface area contributed by atoms with Crippen LogP contribution in [0.2, 0.25) is 0 Å². The second-order valence-electron chi connectivity index (χ2n) is 6.80. The maximum absolute atomic E-state index is 11.8. The van der Waals surface area contributed by atoms with Crippen LogP contribution in [0.3, 0.4) is 0 Å². The maximum Gasteiger partial charge on any atom is 0.412 e. The second kappa shape index (κ2) is 11.2. The number of methoxy groups -OCH3 is 2. The zero-order chi connectivity index (χ0) is 22.0. The summed E-state index contributed by atoms with van der Waals surface area (Å²) in [4.78, 5) is 27.8. The van der Waals surface area contributed by atoms with Crippen molar-refractivity contribution in [3.63, 3.8) is 0 Å². The maximum atomic E-state index is 11.8. The number of benzene rings is 1. The Balaban J connectivity index is 0.00000204. The van der Waals surface area contributed by atoms with Gasteiger partial charge in [-0.2, -0.15) is 0 Å². The summed E-state index contributed by atoms with van der Waals surface area (Å²) in [6, 6.07) is 12.2. The predicted octanol–water partition coefficient (Wildman–Crippen LogP) is 4.98. The zero-order valence-electron chi connectivity index (χ0n) is 18.1. The fraction of sp³-hybridized carbons (Fsp3) is 0.409. The highest BCUT2D eigenvalue weighted by atomic mass is 16.6. The van der Waals surface area contributed by atoms with Crippen LogP contribution in [-0.4, -0.2) is 36.9 Å². The number of pyridine rings is 1. The summed E-state index contributed by atoms with van der Waals surface area (Å²) in [6.45, 7) is 9.40. The molecular weight excluding hydrogens is 372 g/mol. The number of nitrogens with one attached hydrogen (secondary N) is 1. The first-order chi connectivity index (χ1) is 13.7. The van der Waals surface area contributed by atoms with Gasteiger partial charge in [0.1, 0.15) is 17.4 Å². The number of anilines is 1. The van der Waals surface area contributed by atoms with Gasteiger partial charge in [0.25, 0.3) is 0 Å². The van der Waals surface area contributed by atoms with Crippen LogP contribution in [0.1, 0.15) is 62.5 Å². The third-order valence-corrected chi connectivity index (χ3v) is 3.53.